The van der Waals surface area contributed by atoms with Crippen LogP contribution in [0.1, 0.15) is 11.1 Å². The molecule has 0 aliphatic carbocycles. The third kappa shape index (κ3) is 0.951. The Morgan fingerprint density at radius 1 is 1.42 bits per heavy atom. The van der Waals surface area contributed by atoms with Gasteiger partial charge in [0.1, 0.15) is 5.75 Å². The fourth-order valence-corrected chi connectivity index (χ4v) is 1.77. The van der Waals surface area contributed by atoms with E-state index >= 15 is 0 Å². The topological polar surface area (TPSA) is 21.3 Å². The summed E-state index contributed by atoms with van der Waals surface area (Å²) in [6.45, 7) is 3.17. The number of ether oxygens (including phenoxy) is 1. The predicted molar refractivity (Wildman–Crippen MR) is 49.9 cm³/mol. The first kappa shape index (κ1) is 7.47. The largest absolute Gasteiger partial charge is 0.496 e. The minimum absolute atomic E-state index is 0.998. The van der Waals surface area contributed by atoms with Crippen molar-refractivity contribution < 1.29 is 4.74 Å². The summed E-state index contributed by atoms with van der Waals surface area (Å²) < 4.78 is 5.24. The lowest BCUT2D eigenvalue weighted by molar-refractivity contribution is 0.411. The van der Waals surface area contributed by atoms with E-state index in [2.05, 4.69) is 18.3 Å². The summed E-state index contributed by atoms with van der Waals surface area (Å²) in [6, 6.07) is 4.11. The Morgan fingerprint density at radius 2 is 2.25 bits per heavy atom. The van der Waals surface area contributed by atoms with E-state index in [9.17, 15) is 0 Å². The van der Waals surface area contributed by atoms with Gasteiger partial charge in [0.15, 0.2) is 0 Å². The molecule has 2 heteroatoms. The second-order valence-corrected chi connectivity index (χ2v) is 3.10. The lowest BCUT2D eigenvalue weighted by atomic mass is 10.1. The number of rotatable bonds is 1. The highest BCUT2D eigenvalue weighted by atomic mass is 16.5. The van der Waals surface area contributed by atoms with E-state index in [4.69, 9.17) is 4.74 Å². The standard InChI is InChI=1S/C10H13NO/c1-7-8-5-6-11-9(8)3-4-10(7)12-2/h3-4,11H,5-6H2,1-2H3. The molecule has 0 radical (unpaired) electrons. The van der Waals surface area contributed by atoms with E-state index in [1.54, 1.807) is 7.11 Å². The van der Waals surface area contributed by atoms with Crippen LogP contribution in [0.3, 0.4) is 0 Å². The average molecular weight is 163 g/mol. The molecule has 1 N–H and O–H groups in total. The Kier molecular flexibility index (Phi) is 1.68. The maximum Gasteiger partial charge on any atom is 0.122 e. The van der Waals surface area contributed by atoms with Crippen molar-refractivity contribution in [3.8, 4) is 5.75 Å². The fraction of sp³-hybridized carbons (Fsp3) is 0.400. The van der Waals surface area contributed by atoms with Gasteiger partial charge in [-0.2, -0.15) is 0 Å². The summed E-state index contributed by atoms with van der Waals surface area (Å²) >= 11 is 0. The number of hydrogen-bond acceptors (Lipinski definition) is 2. The van der Waals surface area contributed by atoms with Gasteiger partial charge in [-0.25, -0.2) is 0 Å². The van der Waals surface area contributed by atoms with Crippen molar-refractivity contribution >= 4 is 5.69 Å². The molecule has 0 unspecified atom stereocenters. The van der Waals surface area contributed by atoms with Crippen LogP contribution in [0, 0.1) is 6.92 Å². The average Bonchev–Trinajstić information content (AvgIpc) is 2.53. The van der Waals surface area contributed by atoms with Gasteiger partial charge in [0.2, 0.25) is 0 Å². The molecule has 64 valence electrons. The third-order valence-electron chi connectivity index (χ3n) is 2.46. The van der Waals surface area contributed by atoms with E-state index in [0.717, 1.165) is 18.7 Å². The predicted octanol–water partition coefficient (Wildman–Crippen LogP) is 1.97. The van der Waals surface area contributed by atoms with Crippen LogP contribution >= 0.6 is 0 Å². The van der Waals surface area contributed by atoms with Gasteiger partial charge >= 0.3 is 0 Å². The highest BCUT2D eigenvalue weighted by Gasteiger charge is 2.14. The Bertz CT molecular complexity index is 307. The fourth-order valence-electron chi connectivity index (χ4n) is 1.77. The summed E-state index contributed by atoms with van der Waals surface area (Å²) in [5, 5.41) is 3.34. The lowest BCUT2D eigenvalue weighted by Crippen LogP contribution is -1.91. The molecule has 0 amide bonds. The first-order valence-electron chi connectivity index (χ1n) is 4.23. The zero-order chi connectivity index (χ0) is 8.55. The second kappa shape index (κ2) is 2.70. The minimum atomic E-state index is 0.998. The van der Waals surface area contributed by atoms with Gasteiger partial charge in [-0.15, -0.1) is 0 Å². The second-order valence-electron chi connectivity index (χ2n) is 3.10. The van der Waals surface area contributed by atoms with Crippen LogP contribution in [-0.2, 0) is 6.42 Å². The summed E-state index contributed by atoms with van der Waals surface area (Å²) in [7, 11) is 1.72. The Hall–Kier alpha value is -1.18. The Morgan fingerprint density at radius 3 is 3.00 bits per heavy atom. The first-order chi connectivity index (χ1) is 5.83. The van der Waals surface area contributed by atoms with Crippen LogP contribution < -0.4 is 10.1 Å². The van der Waals surface area contributed by atoms with E-state index < -0.39 is 0 Å². The molecule has 0 saturated carbocycles. The van der Waals surface area contributed by atoms with Gasteiger partial charge in [-0.05, 0) is 36.6 Å². The molecule has 1 aliphatic rings. The number of methoxy groups -OCH3 is 1. The summed E-state index contributed by atoms with van der Waals surface area (Å²) in [4.78, 5) is 0. The zero-order valence-electron chi connectivity index (χ0n) is 7.48. The molecule has 0 bridgehead atoms. The van der Waals surface area contributed by atoms with Gasteiger partial charge in [0, 0.05) is 12.2 Å². The molecule has 1 heterocycles. The third-order valence-corrected chi connectivity index (χ3v) is 2.46. The lowest BCUT2D eigenvalue weighted by Gasteiger charge is -2.08. The molecule has 0 aromatic heterocycles. The van der Waals surface area contributed by atoms with Crippen molar-refractivity contribution in [2.24, 2.45) is 0 Å². The molecule has 1 aromatic carbocycles. The van der Waals surface area contributed by atoms with Crippen LogP contribution in [0.2, 0.25) is 0 Å². The van der Waals surface area contributed by atoms with Crippen molar-refractivity contribution in [1.82, 2.24) is 0 Å². The van der Waals surface area contributed by atoms with Crippen LogP contribution in [0.4, 0.5) is 5.69 Å². The molecule has 1 aromatic rings. The monoisotopic (exact) mass is 163 g/mol. The van der Waals surface area contributed by atoms with Crippen molar-refractivity contribution in [3.05, 3.63) is 23.3 Å². The zero-order valence-corrected chi connectivity index (χ0v) is 7.48. The molecule has 2 nitrogen and oxygen atoms in total. The number of fused-ring (bicyclic) bond motifs is 1. The summed E-state index contributed by atoms with van der Waals surface area (Å²) in [5.74, 6) is 0.998. The first-order valence-corrected chi connectivity index (χ1v) is 4.23. The normalized spacial score (nSPS) is 13.8. The van der Waals surface area contributed by atoms with E-state index in [1.807, 2.05) is 6.07 Å². The van der Waals surface area contributed by atoms with Crippen LogP contribution in [0.15, 0.2) is 12.1 Å². The molecule has 0 fully saturated rings. The number of anilines is 1. The van der Waals surface area contributed by atoms with Crippen LogP contribution in [-0.4, -0.2) is 13.7 Å². The highest BCUT2D eigenvalue weighted by Crippen LogP contribution is 2.31. The minimum Gasteiger partial charge on any atom is -0.496 e. The number of nitrogens with one attached hydrogen (secondary N) is 1. The molecule has 1 aliphatic heterocycles. The van der Waals surface area contributed by atoms with E-state index in [0.29, 0.717) is 0 Å². The number of hydrogen-bond donors (Lipinski definition) is 1. The quantitative estimate of drug-likeness (QED) is 0.683. The van der Waals surface area contributed by atoms with E-state index in [-0.39, 0.29) is 0 Å². The van der Waals surface area contributed by atoms with Crippen LogP contribution in [0.5, 0.6) is 5.75 Å². The number of benzene rings is 1. The van der Waals surface area contributed by atoms with Gasteiger partial charge < -0.3 is 10.1 Å². The molecular weight excluding hydrogens is 150 g/mol. The molecule has 0 spiro atoms. The SMILES string of the molecule is COc1ccc2c(c1C)CCN2. The molecule has 0 saturated heterocycles. The van der Waals surface area contributed by atoms with Gasteiger partial charge in [-0.1, -0.05) is 0 Å². The molecule has 12 heavy (non-hydrogen) atoms. The van der Waals surface area contributed by atoms with Crippen molar-refractivity contribution in [2.45, 2.75) is 13.3 Å². The van der Waals surface area contributed by atoms with Crippen molar-refractivity contribution in [3.63, 3.8) is 0 Å². The van der Waals surface area contributed by atoms with Crippen molar-refractivity contribution in [2.75, 3.05) is 19.0 Å². The summed E-state index contributed by atoms with van der Waals surface area (Å²) in [5.41, 5.74) is 3.96. The summed E-state index contributed by atoms with van der Waals surface area (Å²) in [6.07, 6.45) is 1.12. The smallest absolute Gasteiger partial charge is 0.122 e. The van der Waals surface area contributed by atoms with Gasteiger partial charge in [-0.3, -0.25) is 0 Å². The molecular formula is C10H13NO. The van der Waals surface area contributed by atoms with Gasteiger partial charge in [0.05, 0.1) is 7.11 Å². The maximum atomic E-state index is 5.24. The van der Waals surface area contributed by atoms with Crippen molar-refractivity contribution in [1.29, 1.82) is 0 Å². The Labute approximate surface area is 72.5 Å². The highest BCUT2D eigenvalue weighted by molar-refractivity contribution is 5.61. The molecule has 2 rings (SSSR count). The van der Waals surface area contributed by atoms with Crippen LogP contribution in [0.25, 0.3) is 0 Å². The maximum absolute atomic E-state index is 5.24. The van der Waals surface area contributed by atoms with Gasteiger partial charge in [0.25, 0.3) is 0 Å². The van der Waals surface area contributed by atoms with E-state index in [1.165, 1.54) is 16.8 Å². The Balaban J connectivity index is 2.54. The molecule has 0 atom stereocenters.